The van der Waals surface area contributed by atoms with Gasteiger partial charge in [0.15, 0.2) is 0 Å². The van der Waals surface area contributed by atoms with Gasteiger partial charge < -0.3 is 16.2 Å². The van der Waals surface area contributed by atoms with E-state index in [1.807, 2.05) is 0 Å². The van der Waals surface area contributed by atoms with Gasteiger partial charge in [0, 0.05) is 6.54 Å². The summed E-state index contributed by atoms with van der Waals surface area (Å²) < 4.78 is 37.6. The van der Waals surface area contributed by atoms with Crippen molar-refractivity contribution in [1.29, 1.82) is 0 Å². The number of aliphatic hydroxyl groups excluding tert-OH is 1. The molecule has 2 aromatic rings. The Morgan fingerprint density at radius 3 is 2.80 bits per heavy atom. The average Bonchev–Trinajstić information content (AvgIpc) is 2.90. The predicted octanol–water partition coefficient (Wildman–Crippen LogP) is 2.89. The van der Waals surface area contributed by atoms with Crippen LogP contribution in [0.25, 0.3) is 0 Å². The molecule has 0 bridgehead atoms. The quantitative estimate of drug-likeness (QED) is 0.812. The lowest BCUT2D eigenvalue weighted by Gasteiger charge is -2.14. The van der Waals surface area contributed by atoms with Crippen LogP contribution in [0.2, 0.25) is 0 Å². The van der Waals surface area contributed by atoms with Gasteiger partial charge in [0.2, 0.25) is 0 Å². The van der Waals surface area contributed by atoms with Crippen molar-refractivity contribution in [3.05, 3.63) is 40.3 Å². The van der Waals surface area contributed by atoms with Crippen molar-refractivity contribution in [2.75, 3.05) is 17.6 Å². The van der Waals surface area contributed by atoms with E-state index in [4.69, 9.17) is 5.73 Å². The second-order valence-corrected chi connectivity index (χ2v) is 4.89. The van der Waals surface area contributed by atoms with E-state index in [2.05, 4.69) is 10.3 Å². The van der Waals surface area contributed by atoms with Gasteiger partial charge in [0.1, 0.15) is 5.69 Å². The number of aromatic nitrogens is 1. The van der Waals surface area contributed by atoms with E-state index in [0.717, 1.165) is 12.3 Å². The second kappa shape index (κ2) is 5.68. The van der Waals surface area contributed by atoms with Crippen LogP contribution in [-0.4, -0.2) is 16.6 Å². The van der Waals surface area contributed by atoms with Crippen molar-refractivity contribution in [2.45, 2.75) is 12.3 Å². The summed E-state index contributed by atoms with van der Waals surface area (Å²) in [5.74, 6) is 0. The van der Waals surface area contributed by atoms with Crippen LogP contribution in [0.1, 0.15) is 17.4 Å². The highest BCUT2D eigenvalue weighted by Gasteiger charge is 2.33. The molecular weight excluding hydrogens is 291 g/mol. The number of hydrogen-bond acceptors (Lipinski definition) is 5. The van der Waals surface area contributed by atoms with Crippen molar-refractivity contribution < 1.29 is 18.3 Å². The summed E-state index contributed by atoms with van der Waals surface area (Å²) in [5.41, 5.74) is 5.43. The van der Waals surface area contributed by atoms with Crippen LogP contribution in [-0.2, 0) is 6.18 Å². The zero-order valence-electron chi connectivity index (χ0n) is 10.2. The molecule has 2 rings (SSSR count). The van der Waals surface area contributed by atoms with E-state index in [-0.39, 0.29) is 17.9 Å². The van der Waals surface area contributed by atoms with Gasteiger partial charge in [-0.2, -0.15) is 24.5 Å². The molecule has 0 aromatic carbocycles. The number of thiophene rings is 1. The van der Waals surface area contributed by atoms with E-state index >= 15 is 0 Å². The van der Waals surface area contributed by atoms with Crippen LogP contribution in [0.15, 0.2) is 29.1 Å². The number of alkyl halides is 3. The third-order valence-electron chi connectivity index (χ3n) is 2.64. The SMILES string of the molecule is Nc1cnc(C(F)(F)F)cc1NCC(O)c1ccsc1. The van der Waals surface area contributed by atoms with Gasteiger partial charge in [-0.1, -0.05) is 0 Å². The summed E-state index contributed by atoms with van der Waals surface area (Å²) in [6, 6.07) is 2.57. The zero-order valence-corrected chi connectivity index (χ0v) is 11.0. The lowest BCUT2D eigenvalue weighted by molar-refractivity contribution is -0.141. The first kappa shape index (κ1) is 14.6. The molecule has 1 atom stereocenters. The summed E-state index contributed by atoms with van der Waals surface area (Å²) >= 11 is 1.43. The van der Waals surface area contributed by atoms with Gasteiger partial charge in [0.25, 0.3) is 0 Å². The zero-order chi connectivity index (χ0) is 14.8. The number of hydrogen-bond donors (Lipinski definition) is 3. The van der Waals surface area contributed by atoms with Crippen LogP contribution < -0.4 is 11.1 Å². The molecule has 0 radical (unpaired) electrons. The van der Waals surface area contributed by atoms with Gasteiger partial charge in [-0.05, 0) is 28.5 Å². The lowest BCUT2D eigenvalue weighted by Crippen LogP contribution is -2.15. The molecule has 20 heavy (non-hydrogen) atoms. The first-order chi connectivity index (χ1) is 9.38. The standard InChI is InChI=1S/C12H12F3N3OS/c13-12(14,15)11-3-9(8(16)4-18-11)17-5-10(19)7-1-2-20-6-7/h1-4,6,10,19H,5,16H2,(H,17,18). The molecule has 0 fully saturated rings. The lowest BCUT2D eigenvalue weighted by atomic mass is 10.2. The van der Waals surface area contributed by atoms with Crippen LogP contribution in [0.5, 0.6) is 0 Å². The Labute approximate surface area is 117 Å². The predicted molar refractivity (Wildman–Crippen MR) is 71.4 cm³/mol. The number of rotatable bonds is 4. The molecular formula is C12H12F3N3OS. The molecule has 1 unspecified atom stereocenters. The van der Waals surface area contributed by atoms with Crippen molar-refractivity contribution in [1.82, 2.24) is 4.98 Å². The first-order valence-electron chi connectivity index (χ1n) is 5.64. The third-order valence-corrected chi connectivity index (χ3v) is 3.34. The van der Waals surface area contributed by atoms with Crippen LogP contribution in [0.4, 0.5) is 24.5 Å². The van der Waals surface area contributed by atoms with Gasteiger partial charge in [-0.25, -0.2) is 4.98 Å². The van der Waals surface area contributed by atoms with E-state index in [1.54, 1.807) is 16.8 Å². The first-order valence-corrected chi connectivity index (χ1v) is 6.59. The highest BCUT2D eigenvalue weighted by Crippen LogP contribution is 2.31. The Hall–Kier alpha value is -1.80. The Morgan fingerprint density at radius 2 is 2.20 bits per heavy atom. The largest absolute Gasteiger partial charge is 0.433 e. The summed E-state index contributed by atoms with van der Waals surface area (Å²) in [5, 5.41) is 16.1. The summed E-state index contributed by atoms with van der Waals surface area (Å²) in [4.78, 5) is 3.24. The van der Waals surface area contributed by atoms with Gasteiger partial charge in [-0.3, -0.25) is 0 Å². The minimum absolute atomic E-state index is 0.0578. The molecule has 0 saturated heterocycles. The third kappa shape index (κ3) is 3.40. The van der Waals surface area contributed by atoms with E-state index in [1.165, 1.54) is 11.3 Å². The van der Waals surface area contributed by atoms with Crippen molar-refractivity contribution in [3.8, 4) is 0 Å². The van der Waals surface area contributed by atoms with E-state index < -0.39 is 18.0 Å². The number of nitrogens with two attached hydrogens (primary N) is 1. The monoisotopic (exact) mass is 303 g/mol. The van der Waals surface area contributed by atoms with Crippen LogP contribution >= 0.6 is 11.3 Å². The number of aliphatic hydroxyl groups is 1. The second-order valence-electron chi connectivity index (χ2n) is 4.11. The Morgan fingerprint density at radius 1 is 1.45 bits per heavy atom. The number of halogens is 3. The fraction of sp³-hybridized carbons (Fsp3) is 0.250. The number of nitrogens with zero attached hydrogens (tertiary/aromatic N) is 1. The normalized spacial score (nSPS) is 13.2. The topological polar surface area (TPSA) is 71.2 Å². The van der Waals surface area contributed by atoms with Crippen molar-refractivity contribution in [3.63, 3.8) is 0 Å². The van der Waals surface area contributed by atoms with Crippen LogP contribution in [0.3, 0.4) is 0 Å². The average molecular weight is 303 g/mol. The molecule has 0 aliphatic carbocycles. The summed E-state index contributed by atoms with van der Waals surface area (Å²) in [7, 11) is 0. The highest BCUT2D eigenvalue weighted by atomic mass is 32.1. The summed E-state index contributed by atoms with van der Waals surface area (Å²) in [6.45, 7) is 0.0578. The summed E-state index contributed by atoms with van der Waals surface area (Å²) in [6.07, 6.45) is -4.40. The minimum Gasteiger partial charge on any atom is -0.396 e. The number of nitrogens with one attached hydrogen (secondary N) is 1. The smallest absolute Gasteiger partial charge is 0.396 e. The van der Waals surface area contributed by atoms with E-state index in [0.29, 0.717) is 5.56 Å². The van der Waals surface area contributed by atoms with E-state index in [9.17, 15) is 18.3 Å². The molecule has 0 aliphatic rings. The fourth-order valence-corrected chi connectivity index (χ4v) is 2.27. The maximum Gasteiger partial charge on any atom is 0.433 e. The maximum atomic E-state index is 12.5. The van der Waals surface area contributed by atoms with Crippen molar-refractivity contribution >= 4 is 22.7 Å². The molecule has 0 amide bonds. The molecule has 0 spiro atoms. The maximum absolute atomic E-state index is 12.5. The van der Waals surface area contributed by atoms with Gasteiger partial charge in [0.05, 0.1) is 23.7 Å². The molecule has 4 nitrogen and oxygen atoms in total. The molecule has 0 aliphatic heterocycles. The number of pyridine rings is 1. The molecule has 0 saturated carbocycles. The molecule has 108 valence electrons. The Balaban J connectivity index is 2.09. The Kier molecular flexibility index (Phi) is 4.15. The molecule has 2 heterocycles. The minimum atomic E-state index is -4.53. The van der Waals surface area contributed by atoms with Gasteiger partial charge >= 0.3 is 6.18 Å². The Bertz CT molecular complexity index is 572. The molecule has 2 aromatic heterocycles. The number of anilines is 2. The fourth-order valence-electron chi connectivity index (χ4n) is 1.56. The molecule has 4 N–H and O–H groups in total. The molecule has 8 heteroatoms. The number of nitrogen functional groups attached to an aromatic ring is 1. The van der Waals surface area contributed by atoms with Crippen LogP contribution in [0, 0.1) is 0 Å². The highest BCUT2D eigenvalue weighted by molar-refractivity contribution is 7.07. The van der Waals surface area contributed by atoms with Gasteiger partial charge in [-0.15, -0.1) is 0 Å². The van der Waals surface area contributed by atoms with Crippen molar-refractivity contribution in [2.24, 2.45) is 0 Å².